The van der Waals surface area contributed by atoms with Crippen molar-refractivity contribution in [2.24, 2.45) is 5.41 Å². The molecule has 0 spiro atoms. The molecule has 0 amide bonds. The first-order valence-corrected chi connectivity index (χ1v) is 5.37. The van der Waals surface area contributed by atoms with E-state index in [1.54, 1.807) is 0 Å². The van der Waals surface area contributed by atoms with Crippen molar-refractivity contribution in [3.63, 3.8) is 0 Å². The third-order valence-corrected chi connectivity index (χ3v) is 2.67. The molecular formula is C13H21NO. The third-order valence-electron chi connectivity index (χ3n) is 2.67. The molecule has 0 radical (unpaired) electrons. The van der Waals surface area contributed by atoms with Crippen LogP contribution in [0.3, 0.4) is 0 Å². The molecule has 2 nitrogen and oxygen atoms in total. The standard InChI is InChI=1S/C13H21NO/c1-13(2,3)12(15)11(14-4)10-8-6-5-7-9-10/h5-9,11-12,14-15H,1-4H3. The van der Waals surface area contributed by atoms with Crippen LogP contribution in [0, 0.1) is 5.41 Å². The Bertz CT molecular complexity index is 289. The minimum atomic E-state index is -0.398. The molecule has 0 heterocycles. The topological polar surface area (TPSA) is 32.3 Å². The minimum Gasteiger partial charge on any atom is -0.391 e. The van der Waals surface area contributed by atoms with Gasteiger partial charge in [-0.1, -0.05) is 51.1 Å². The summed E-state index contributed by atoms with van der Waals surface area (Å²) >= 11 is 0. The van der Waals surface area contributed by atoms with Gasteiger partial charge in [0.1, 0.15) is 0 Å². The van der Waals surface area contributed by atoms with E-state index in [4.69, 9.17) is 0 Å². The van der Waals surface area contributed by atoms with Crippen molar-refractivity contribution >= 4 is 0 Å². The van der Waals surface area contributed by atoms with E-state index in [-0.39, 0.29) is 11.5 Å². The van der Waals surface area contributed by atoms with Crippen LogP contribution in [0.25, 0.3) is 0 Å². The first kappa shape index (κ1) is 12.2. The zero-order valence-corrected chi connectivity index (χ0v) is 9.99. The van der Waals surface area contributed by atoms with Crippen LogP contribution in [0.2, 0.25) is 0 Å². The lowest BCUT2D eigenvalue weighted by Crippen LogP contribution is -2.38. The molecular weight excluding hydrogens is 186 g/mol. The van der Waals surface area contributed by atoms with Gasteiger partial charge in [-0.05, 0) is 18.0 Å². The zero-order valence-electron chi connectivity index (χ0n) is 9.99. The fraction of sp³-hybridized carbons (Fsp3) is 0.538. The van der Waals surface area contributed by atoms with E-state index in [1.807, 2.05) is 58.2 Å². The van der Waals surface area contributed by atoms with Crippen LogP contribution >= 0.6 is 0 Å². The van der Waals surface area contributed by atoms with Crippen LogP contribution in [0.5, 0.6) is 0 Å². The molecule has 2 atom stereocenters. The van der Waals surface area contributed by atoms with Crippen molar-refractivity contribution in [2.75, 3.05) is 7.05 Å². The van der Waals surface area contributed by atoms with Gasteiger partial charge >= 0.3 is 0 Å². The molecule has 2 N–H and O–H groups in total. The van der Waals surface area contributed by atoms with Crippen molar-refractivity contribution in [1.82, 2.24) is 5.32 Å². The molecule has 0 bridgehead atoms. The summed E-state index contributed by atoms with van der Waals surface area (Å²) < 4.78 is 0. The summed E-state index contributed by atoms with van der Waals surface area (Å²) in [6.45, 7) is 6.14. The molecule has 0 saturated heterocycles. The Balaban J connectivity index is 2.90. The highest BCUT2D eigenvalue weighted by Gasteiger charge is 2.30. The molecule has 15 heavy (non-hydrogen) atoms. The summed E-state index contributed by atoms with van der Waals surface area (Å²) in [6.07, 6.45) is -0.398. The summed E-state index contributed by atoms with van der Waals surface area (Å²) in [5, 5.41) is 13.4. The van der Waals surface area contributed by atoms with Gasteiger partial charge in [0, 0.05) is 0 Å². The summed E-state index contributed by atoms with van der Waals surface area (Å²) in [5.41, 5.74) is 1.01. The lowest BCUT2D eigenvalue weighted by molar-refractivity contribution is 0.0306. The first-order valence-electron chi connectivity index (χ1n) is 5.37. The van der Waals surface area contributed by atoms with Crippen LogP contribution in [0.15, 0.2) is 30.3 Å². The van der Waals surface area contributed by atoms with E-state index in [1.165, 1.54) is 0 Å². The molecule has 0 fully saturated rings. The molecule has 2 unspecified atom stereocenters. The summed E-state index contributed by atoms with van der Waals surface area (Å²) in [5.74, 6) is 0. The highest BCUT2D eigenvalue weighted by molar-refractivity contribution is 5.20. The fourth-order valence-electron chi connectivity index (χ4n) is 1.67. The van der Waals surface area contributed by atoms with Gasteiger partial charge in [-0.2, -0.15) is 0 Å². The van der Waals surface area contributed by atoms with Crippen molar-refractivity contribution < 1.29 is 5.11 Å². The SMILES string of the molecule is CNC(c1ccccc1)C(O)C(C)(C)C. The van der Waals surface area contributed by atoms with Gasteiger partial charge in [-0.3, -0.25) is 0 Å². The number of benzene rings is 1. The Morgan fingerprint density at radius 2 is 1.67 bits per heavy atom. The van der Waals surface area contributed by atoms with Gasteiger partial charge in [-0.15, -0.1) is 0 Å². The predicted octanol–water partition coefficient (Wildman–Crippen LogP) is 2.35. The molecule has 0 saturated carbocycles. The molecule has 1 aromatic rings. The monoisotopic (exact) mass is 207 g/mol. The number of hydrogen-bond donors (Lipinski definition) is 2. The molecule has 84 valence electrons. The van der Waals surface area contributed by atoms with Crippen LogP contribution in [0.4, 0.5) is 0 Å². The lowest BCUT2D eigenvalue weighted by atomic mass is 9.82. The van der Waals surface area contributed by atoms with E-state index in [9.17, 15) is 5.11 Å². The van der Waals surface area contributed by atoms with Crippen LogP contribution in [-0.2, 0) is 0 Å². The third kappa shape index (κ3) is 3.05. The first-order chi connectivity index (χ1) is 6.96. The Kier molecular flexibility index (Phi) is 3.89. The number of rotatable bonds is 3. The highest BCUT2D eigenvalue weighted by atomic mass is 16.3. The minimum absolute atomic E-state index is 0.00815. The molecule has 0 aliphatic heterocycles. The summed E-state index contributed by atoms with van der Waals surface area (Å²) in [4.78, 5) is 0. The lowest BCUT2D eigenvalue weighted by Gasteiger charge is -2.33. The number of aliphatic hydroxyl groups is 1. The van der Waals surface area contributed by atoms with E-state index in [2.05, 4.69) is 5.32 Å². The van der Waals surface area contributed by atoms with E-state index in [0.29, 0.717) is 0 Å². The zero-order chi connectivity index (χ0) is 11.5. The Labute approximate surface area is 92.3 Å². The second kappa shape index (κ2) is 4.77. The predicted molar refractivity (Wildman–Crippen MR) is 63.7 cm³/mol. The average Bonchev–Trinajstić information content (AvgIpc) is 2.19. The normalized spacial score (nSPS) is 16.1. The van der Waals surface area contributed by atoms with E-state index in [0.717, 1.165) is 5.56 Å². The molecule has 2 heteroatoms. The highest BCUT2D eigenvalue weighted by Crippen LogP contribution is 2.29. The molecule has 0 aliphatic carbocycles. The van der Waals surface area contributed by atoms with Crippen LogP contribution < -0.4 is 5.32 Å². The Morgan fingerprint density at radius 1 is 1.13 bits per heavy atom. The number of hydrogen-bond acceptors (Lipinski definition) is 2. The quantitative estimate of drug-likeness (QED) is 0.797. The summed E-state index contributed by atoms with van der Waals surface area (Å²) in [6, 6.07) is 10.0. The van der Waals surface area contributed by atoms with Gasteiger partial charge in [0.2, 0.25) is 0 Å². The maximum atomic E-state index is 10.2. The van der Waals surface area contributed by atoms with Crippen molar-refractivity contribution in [3.05, 3.63) is 35.9 Å². The van der Waals surface area contributed by atoms with Crippen molar-refractivity contribution in [3.8, 4) is 0 Å². The number of nitrogens with one attached hydrogen (secondary N) is 1. The molecule has 0 aliphatic rings. The average molecular weight is 207 g/mol. The van der Waals surface area contributed by atoms with Gasteiger partial charge < -0.3 is 10.4 Å². The second-order valence-electron chi connectivity index (χ2n) is 4.99. The molecule has 1 rings (SSSR count). The van der Waals surface area contributed by atoms with E-state index >= 15 is 0 Å². The maximum Gasteiger partial charge on any atom is 0.0782 e. The van der Waals surface area contributed by atoms with Gasteiger partial charge in [-0.25, -0.2) is 0 Å². The molecule has 0 aromatic heterocycles. The van der Waals surface area contributed by atoms with Crippen molar-refractivity contribution in [1.29, 1.82) is 0 Å². The Morgan fingerprint density at radius 3 is 2.07 bits per heavy atom. The number of likely N-dealkylation sites (N-methyl/N-ethyl adjacent to an activating group) is 1. The van der Waals surface area contributed by atoms with Gasteiger partial charge in [0.05, 0.1) is 12.1 Å². The largest absolute Gasteiger partial charge is 0.391 e. The summed E-state index contributed by atoms with van der Waals surface area (Å²) in [7, 11) is 1.88. The van der Waals surface area contributed by atoms with Crippen LogP contribution in [-0.4, -0.2) is 18.3 Å². The van der Waals surface area contributed by atoms with Crippen LogP contribution in [0.1, 0.15) is 32.4 Å². The van der Waals surface area contributed by atoms with Gasteiger partial charge in [0.25, 0.3) is 0 Å². The maximum absolute atomic E-state index is 10.2. The Hall–Kier alpha value is -0.860. The van der Waals surface area contributed by atoms with Gasteiger partial charge in [0.15, 0.2) is 0 Å². The second-order valence-corrected chi connectivity index (χ2v) is 4.99. The number of aliphatic hydroxyl groups excluding tert-OH is 1. The fourth-order valence-corrected chi connectivity index (χ4v) is 1.67. The van der Waals surface area contributed by atoms with E-state index < -0.39 is 6.10 Å². The smallest absolute Gasteiger partial charge is 0.0782 e. The van der Waals surface area contributed by atoms with Crippen molar-refractivity contribution in [2.45, 2.75) is 32.9 Å². The molecule has 1 aromatic carbocycles.